The van der Waals surface area contributed by atoms with Gasteiger partial charge >= 0.3 is 0 Å². The maximum atomic E-state index is 13.1. The smallest absolute Gasteiger partial charge is 0.123 e. The van der Waals surface area contributed by atoms with Gasteiger partial charge < -0.3 is 0 Å². The third kappa shape index (κ3) is 5.35. The molecular weight excluding hydrogens is 261 g/mol. The summed E-state index contributed by atoms with van der Waals surface area (Å²) in [5, 5.41) is 0. The van der Waals surface area contributed by atoms with Crippen LogP contribution in [0.1, 0.15) is 33.3 Å². The average Bonchev–Trinajstić information content (AvgIpc) is 2.45. The van der Waals surface area contributed by atoms with Gasteiger partial charge in [0.2, 0.25) is 0 Å². The van der Waals surface area contributed by atoms with Crippen LogP contribution in [0.3, 0.4) is 0 Å². The predicted octanol–water partition coefficient (Wildman–Crippen LogP) is 5.73. The van der Waals surface area contributed by atoms with Crippen LogP contribution in [0, 0.1) is 5.82 Å². The molecule has 0 aliphatic heterocycles. The summed E-state index contributed by atoms with van der Waals surface area (Å²) < 4.78 is 13.1. The number of aliphatic imine (C=N–C) groups is 1. The lowest BCUT2D eigenvalue weighted by atomic mass is 10.1. The summed E-state index contributed by atoms with van der Waals surface area (Å²) in [5.74, 6) is -0.249. The lowest BCUT2D eigenvalue weighted by molar-refractivity contribution is 0.627. The van der Waals surface area contributed by atoms with Gasteiger partial charge in [0, 0.05) is 11.3 Å². The zero-order valence-electron chi connectivity index (χ0n) is 13.2. The molecule has 21 heavy (non-hydrogen) atoms. The van der Waals surface area contributed by atoms with E-state index in [2.05, 4.69) is 11.6 Å². The molecule has 0 amide bonds. The first-order valence-corrected chi connectivity index (χ1v) is 6.93. The Bertz CT molecular complexity index is 613. The number of nitrogens with zero attached hydrogens (tertiary/aromatic N) is 1. The second-order valence-corrected chi connectivity index (χ2v) is 4.90. The van der Waals surface area contributed by atoms with Gasteiger partial charge in [-0.2, -0.15) is 0 Å². The summed E-state index contributed by atoms with van der Waals surface area (Å²) in [6.07, 6.45) is 7.88. The Labute approximate surface area is 126 Å². The van der Waals surface area contributed by atoms with Crippen LogP contribution in [0.4, 0.5) is 4.39 Å². The minimum atomic E-state index is -0.249. The van der Waals surface area contributed by atoms with Gasteiger partial charge in [0.15, 0.2) is 0 Å². The molecule has 0 bridgehead atoms. The van der Waals surface area contributed by atoms with Gasteiger partial charge in [0.1, 0.15) is 5.82 Å². The van der Waals surface area contributed by atoms with Gasteiger partial charge in [-0.15, -0.1) is 0 Å². The van der Waals surface area contributed by atoms with Gasteiger partial charge in [-0.25, -0.2) is 4.39 Å². The molecule has 2 heteroatoms. The quantitative estimate of drug-likeness (QED) is 0.483. The molecule has 0 spiro atoms. The normalized spacial score (nSPS) is 13.9. The summed E-state index contributed by atoms with van der Waals surface area (Å²) in [7, 11) is 0. The van der Waals surface area contributed by atoms with E-state index in [1.807, 2.05) is 52.0 Å². The van der Waals surface area contributed by atoms with Crippen molar-refractivity contribution >= 4 is 11.4 Å². The minimum absolute atomic E-state index is 0.249. The van der Waals surface area contributed by atoms with Crippen LogP contribution in [0.5, 0.6) is 0 Å². The Balaban J connectivity index is 3.35. The standard InChI is InChI=1S/C19H22FN/c1-6-7-8-9-15(4)19(21-16(5)14(2)3)17-10-12-18(20)13-11-17/h6-13H,2H2,1,3-5H3/b7-6-,9-8-,19-15+,21-16?. The summed E-state index contributed by atoms with van der Waals surface area (Å²) in [5.41, 5.74) is 4.52. The molecule has 0 aliphatic rings. The number of hydrogen-bond acceptors (Lipinski definition) is 1. The van der Waals surface area contributed by atoms with E-state index in [1.165, 1.54) is 12.1 Å². The summed E-state index contributed by atoms with van der Waals surface area (Å²) >= 11 is 0. The monoisotopic (exact) mass is 283 g/mol. The van der Waals surface area contributed by atoms with E-state index >= 15 is 0 Å². The third-order valence-corrected chi connectivity index (χ3v) is 3.04. The molecule has 110 valence electrons. The van der Waals surface area contributed by atoms with E-state index in [-0.39, 0.29) is 5.82 Å². The Morgan fingerprint density at radius 2 is 1.71 bits per heavy atom. The van der Waals surface area contributed by atoms with Crippen LogP contribution in [0.15, 0.2) is 71.3 Å². The fourth-order valence-corrected chi connectivity index (χ4v) is 1.64. The Hall–Kier alpha value is -2.22. The summed E-state index contributed by atoms with van der Waals surface area (Å²) in [6, 6.07) is 6.38. The van der Waals surface area contributed by atoms with Crippen molar-refractivity contribution in [3.8, 4) is 0 Å². The van der Waals surface area contributed by atoms with Gasteiger partial charge in [0.25, 0.3) is 0 Å². The van der Waals surface area contributed by atoms with Gasteiger partial charge in [-0.1, -0.05) is 30.9 Å². The van der Waals surface area contributed by atoms with E-state index in [0.29, 0.717) is 0 Å². The van der Waals surface area contributed by atoms with Crippen molar-refractivity contribution in [3.63, 3.8) is 0 Å². The number of benzene rings is 1. The van der Waals surface area contributed by atoms with Gasteiger partial charge in [-0.05, 0) is 63.1 Å². The molecule has 1 aromatic rings. The highest BCUT2D eigenvalue weighted by molar-refractivity contribution is 6.00. The molecule has 0 atom stereocenters. The first-order chi connectivity index (χ1) is 9.95. The third-order valence-electron chi connectivity index (χ3n) is 3.04. The number of halogens is 1. The Morgan fingerprint density at radius 3 is 2.24 bits per heavy atom. The van der Waals surface area contributed by atoms with Crippen LogP contribution in [0.2, 0.25) is 0 Å². The van der Waals surface area contributed by atoms with Crippen molar-refractivity contribution < 1.29 is 4.39 Å². The molecule has 1 rings (SSSR count). The maximum absolute atomic E-state index is 13.1. The number of hydrogen-bond donors (Lipinski definition) is 0. The molecule has 0 N–H and O–H groups in total. The van der Waals surface area contributed by atoms with Crippen LogP contribution in [-0.2, 0) is 0 Å². The largest absolute Gasteiger partial charge is 0.253 e. The van der Waals surface area contributed by atoms with E-state index in [0.717, 1.165) is 28.1 Å². The first kappa shape index (κ1) is 16.8. The highest BCUT2D eigenvalue weighted by atomic mass is 19.1. The van der Waals surface area contributed by atoms with Crippen molar-refractivity contribution in [3.05, 3.63) is 77.7 Å². The first-order valence-electron chi connectivity index (χ1n) is 6.93. The van der Waals surface area contributed by atoms with Crippen molar-refractivity contribution in [1.82, 2.24) is 0 Å². The molecule has 0 saturated heterocycles. The molecular formula is C19H22FN. The highest BCUT2D eigenvalue weighted by Gasteiger charge is 2.05. The zero-order valence-corrected chi connectivity index (χ0v) is 13.2. The minimum Gasteiger partial charge on any atom is -0.253 e. The molecule has 0 fully saturated rings. The van der Waals surface area contributed by atoms with Crippen molar-refractivity contribution in [2.45, 2.75) is 27.7 Å². The zero-order chi connectivity index (χ0) is 15.8. The van der Waals surface area contributed by atoms with Crippen molar-refractivity contribution in [2.75, 3.05) is 0 Å². The molecule has 0 aliphatic carbocycles. The maximum Gasteiger partial charge on any atom is 0.123 e. The van der Waals surface area contributed by atoms with E-state index in [1.54, 1.807) is 12.1 Å². The molecule has 0 heterocycles. The number of rotatable bonds is 5. The predicted molar refractivity (Wildman–Crippen MR) is 90.9 cm³/mol. The van der Waals surface area contributed by atoms with E-state index in [4.69, 9.17) is 0 Å². The SMILES string of the molecule is C=C(C)C(C)=N/C(=C(C)/C=C\C=C/C)c1ccc(F)cc1. The average molecular weight is 283 g/mol. The van der Waals surface area contributed by atoms with Crippen LogP contribution >= 0.6 is 0 Å². The fourth-order valence-electron chi connectivity index (χ4n) is 1.64. The van der Waals surface area contributed by atoms with Crippen LogP contribution in [-0.4, -0.2) is 5.71 Å². The van der Waals surface area contributed by atoms with E-state index in [9.17, 15) is 4.39 Å². The molecule has 0 aromatic heterocycles. The number of allylic oxidation sites excluding steroid dienone is 6. The van der Waals surface area contributed by atoms with Gasteiger partial charge in [0.05, 0.1) is 5.70 Å². The van der Waals surface area contributed by atoms with E-state index < -0.39 is 0 Å². The lowest BCUT2D eigenvalue weighted by Gasteiger charge is -2.08. The highest BCUT2D eigenvalue weighted by Crippen LogP contribution is 2.22. The molecule has 1 aromatic carbocycles. The van der Waals surface area contributed by atoms with Gasteiger partial charge in [-0.3, -0.25) is 4.99 Å². The molecule has 0 unspecified atom stereocenters. The van der Waals surface area contributed by atoms with Crippen LogP contribution < -0.4 is 0 Å². The van der Waals surface area contributed by atoms with Crippen LogP contribution in [0.25, 0.3) is 5.70 Å². The molecule has 1 nitrogen and oxygen atoms in total. The topological polar surface area (TPSA) is 12.4 Å². The second kappa shape index (κ2) is 8.15. The van der Waals surface area contributed by atoms with Crippen molar-refractivity contribution in [2.24, 2.45) is 4.99 Å². The summed E-state index contributed by atoms with van der Waals surface area (Å²) in [4.78, 5) is 4.65. The van der Waals surface area contributed by atoms with Crippen molar-refractivity contribution in [1.29, 1.82) is 0 Å². The molecule has 0 saturated carbocycles. The Morgan fingerprint density at radius 1 is 1.10 bits per heavy atom. The second-order valence-electron chi connectivity index (χ2n) is 4.90. The lowest BCUT2D eigenvalue weighted by Crippen LogP contribution is -1.95. The fraction of sp³-hybridized carbons (Fsp3) is 0.211. The molecule has 0 radical (unpaired) electrons. The Kier molecular flexibility index (Phi) is 6.54. The summed E-state index contributed by atoms with van der Waals surface area (Å²) in [6.45, 7) is 11.7.